The van der Waals surface area contributed by atoms with E-state index in [9.17, 15) is 8.42 Å². The van der Waals surface area contributed by atoms with Crippen LogP contribution < -0.4 is 5.73 Å². The van der Waals surface area contributed by atoms with Crippen molar-refractivity contribution in [2.24, 2.45) is 11.1 Å². The number of halogens is 1. The molecule has 0 aliphatic heterocycles. The Hall–Kier alpha value is -1.40. The highest BCUT2D eigenvalue weighted by Crippen LogP contribution is 2.63. The molecule has 3 atom stereocenters. The Balaban J connectivity index is 2.05. The molecule has 0 unspecified atom stereocenters. The molecule has 0 radical (unpaired) electrons. The molecule has 6 heteroatoms. The van der Waals surface area contributed by atoms with Crippen molar-refractivity contribution >= 4 is 21.4 Å². The normalized spacial score (nSPS) is 25.8. The number of hydrogen-bond acceptors (Lipinski definition) is 4. The molecule has 0 amide bonds. The van der Waals surface area contributed by atoms with E-state index < -0.39 is 20.5 Å². The third-order valence-corrected chi connectivity index (χ3v) is 7.68. The molecule has 2 N–H and O–H groups in total. The van der Waals surface area contributed by atoms with E-state index in [0.717, 1.165) is 11.1 Å². The summed E-state index contributed by atoms with van der Waals surface area (Å²) in [6.07, 6.45) is 0. The van der Waals surface area contributed by atoms with Crippen LogP contribution in [0.15, 0.2) is 53.4 Å². The Kier molecular flexibility index (Phi) is 4.95. The fourth-order valence-corrected chi connectivity index (χ4v) is 6.31. The molecule has 1 aliphatic rings. The molecule has 1 aliphatic carbocycles. The Morgan fingerprint density at radius 1 is 1.12 bits per heavy atom. The van der Waals surface area contributed by atoms with Gasteiger partial charge in [-0.15, -0.1) is 0 Å². The second-order valence-electron chi connectivity index (χ2n) is 6.68. The molecule has 25 heavy (non-hydrogen) atoms. The minimum atomic E-state index is -3.52. The van der Waals surface area contributed by atoms with Crippen LogP contribution in [0.4, 0.5) is 0 Å². The maximum atomic E-state index is 13.3. The summed E-state index contributed by atoms with van der Waals surface area (Å²) >= 11 is 5.97. The summed E-state index contributed by atoms with van der Waals surface area (Å²) in [6, 6.07) is 14.2. The van der Waals surface area contributed by atoms with Crippen molar-refractivity contribution in [3.05, 3.63) is 64.7 Å². The fraction of sp³-hybridized carbons (Fsp3) is 0.368. The van der Waals surface area contributed by atoms with Crippen LogP contribution in [0, 0.1) is 12.3 Å². The molecule has 0 spiro atoms. The van der Waals surface area contributed by atoms with E-state index >= 15 is 0 Å². The molecule has 2 aromatic rings. The first-order chi connectivity index (χ1) is 11.9. The first kappa shape index (κ1) is 18.4. The van der Waals surface area contributed by atoms with Crippen LogP contribution in [-0.2, 0) is 14.6 Å². The van der Waals surface area contributed by atoms with Crippen LogP contribution in [0.25, 0.3) is 0 Å². The van der Waals surface area contributed by atoms with Crippen molar-refractivity contribution in [2.45, 2.75) is 23.0 Å². The molecule has 2 aromatic carbocycles. The number of hydrogen-bond donors (Lipinski definition) is 1. The predicted molar refractivity (Wildman–Crippen MR) is 99.7 cm³/mol. The zero-order chi connectivity index (χ0) is 18.2. The summed E-state index contributed by atoms with van der Waals surface area (Å²) in [4.78, 5) is 0.327. The van der Waals surface area contributed by atoms with Gasteiger partial charge in [0.2, 0.25) is 0 Å². The lowest BCUT2D eigenvalue weighted by Crippen LogP contribution is -2.28. The van der Waals surface area contributed by atoms with Crippen LogP contribution >= 0.6 is 11.6 Å². The van der Waals surface area contributed by atoms with Crippen LogP contribution in [0.3, 0.4) is 0 Å². The molecule has 4 nitrogen and oxygen atoms in total. The molecule has 3 rings (SSSR count). The predicted octanol–water partition coefficient (Wildman–Crippen LogP) is 3.18. The van der Waals surface area contributed by atoms with E-state index in [1.165, 1.54) is 0 Å². The average molecular weight is 380 g/mol. The van der Waals surface area contributed by atoms with Gasteiger partial charge in [-0.1, -0.05) is 41.4 Å². The zero-order valence-electron chi connectivity index (χ0n) is 14.3. The molecule has 1 saturated carbocycles. The molecule has 134 valence electrons. The maximum Gasteiger partial charge on any atom is 0.182 e. The van der Waals surface area contributed by atoms with Crippen LogP contribution in [0.1, 0.15) is 17.0 Å². The van der Waals surface area contributed by atoms with Gasteiger partial charge in [0.25, 0.3) is 0 Å². The highest BCUT2D eigenvalue weighted by Gasteiger charge is 2.70. The Morgan fingerprint density at radius 3 is 2.24 bits per heavy atom. The van der Waals surface area contributed by atoms with Gasteiger partial charge in [-0.3, -0.25) is 0 Å². The molecule has 0 heterocycles. The Morgan fingerprint density at radius 2 is 1.72 bits per heavy atom. The summed E-state index contributed by atoms with van der Waals surface area (Å²) in [5.41, 5.74) is 7.36. The van der Waals surface area contributed by atoms with Crippen LogP contribution in [0.5, 0.6) is 0 Å². The van der Waals surface area contributed by atoms with Crippen molar-refractivity contribution in [3.63, 3.8) is 0 Å². The van der Waals surface area contributed by atoms with E-state index in [1.54, 1.807) is 31.4 Å². The molecule has 0 saturated heterocycles. The van der Waals surface area contributed by atoms with Crippen molar-refractivity contribution in [1.29, 1.82) is 0 Å². The average Bonchev–Trinajstić information content (AvgIpc) is 3.26. The van der Waals surface area contributed by atoms with Crippen LogP contribution in [0.2, 0.25) is 5.02 Å². The summed E-state index contributed by atoms with van der Waals surface area (Å²) in [5, 5.41) is 0.0151. The summed E-state index contributed by atoms with van der Waals surface area (Å²) in [7, 11) is -1.95. The second kappa shape index (κ2) is 6.72. The van der Waals surface area contributed by atoms with Gasteiger partial charge in [0.05, 0.1) is 16.8 Å². The third-order valence-electron chi connectivity index (χ3n) is 5.09. The number of nitrogens with two attached hydrogens (primary N) is 1. The van der Waals surface area contributed by atoms with Gasteiger partial charge < -0.3 is 10.5 Å². The number of rotatable bonds is 6. The number of aryl methyl sites for hydroxylation is 1. The highest BCUT2D eigenvalue weighted by atomic mass is 35.5. The topological polar surface area (TPSA) is 69.4 Å². The Bertz CT molecular complexity index is 849. The second-order valence-corrected chi connectivity index (χ2v) is 9.18. The lowest BCUT2D eigenvalue weighted by Gasteiger charge is -2.15. The summed E-state index contributed by atoms with van der Waals surface area (Å²) < 4.78 is 31.9. The maximum absolute atomic E-state index is 13.3. The number of benzene rings is 2. The minimum absolute atomic E-state index is 0.207. The first-order valence-electron chi connectivity index (χ1n) is 8.12. The van der Waals surface area contributed by atoms with Crippen LogP contribution in [-0.4, -0.2) is 33.9 Å². The van der Waals surface area contributed by atoms with E-state index in [-0.39, 0.29) is 12.5 Å². The van der Waals surface area contributed by atoms with Crippen molar-refractivity contribution < 1.29 is 13.2 Å². The van der Waals surface area contributed by atoms with E-state index in [4.69, 9.17) is 22.1 Å². The van der Waals surface area contributed by atoms with E-state index in [0.29, 0.717) is 16.5 Å². The van der Waals surface area contributed by atoms with Gasteiger partial charge in [-0.2, -0.15) is 0 Å². The van der Waals surface area contributed by atoms with Gasteiger partial charge in [-0.05, 0) is 36.8 Å². The van der Waals surface area contributed by atoms with Crippen molar-refractivity contribution in [3.8, 4) is 0 Å². The molecule has 1 fully saturated rings. The van der Waals surface area contributed by atoms with Gasteiger partial charge >= 0.3 is 0 Å². The highest BCUT2D eigenvalue weighted by molar-refractivity contribution is 7.92. The van der Waals surface area contributed by atoms with Gasteiger partial charge in [0, 0.05) is 30.0 Å². The SMILES string of the molecule is COC[C@]1(CN)[C@H](c2ccc(Cl)cc2)[C@H]1S(=O)(=O)c1ccc(C)cc1. The zero-order valence-corrected chi connectivity index (χ0v) is 15.8. The van der Waals surface area contributed by atoms with Gasteiger partial charge in [-0.25, -0.2) is 8.42 Å². The summed E-state index contributed by atoms with van der Waals surface area (Å²) in [5.74, 6) is -0.207. The Labute approximate surface area is 153 Å². The number of methoxy groups -OCH3 is 1. The molecular weight excluding hydrogens is 358 g/mol. The number of sulfone groups is 1. The lowest BCUT2D eigenvalue weighted by atomic mass is 10.0. The monoisotopic (exact) mass is 379 g/mol. The molecule has 0 aromatic heterocycles. The van der Waals surface area contributed by atoms with Crippen molar-refractivity contribution in [1.82, 2.24) is 0 Å². The number of ether oxygens (including phenoxy) is 1. The largest absolute Gasteiger partial charge is 0.384 e. The first-order valence-corrected chi connectivity index (χ1v) is 10.0. The quantitative estimate of drug-likeness (QED) is 0.836. The van der Waals surface area contributed by atoms with E-state index in [2.05, 4.69) is 0 Å². The minimum Gasteiger partial charge on any atom is -0.384 e. The molecule has 0 bridgehead atoms. The standard InChI is InChI=1S/C19H22ClNO3S/c1-13-3-9-16(10-4-13)25(22,23)18-17(19(18,11-21)12-24-2)14-5-7-15(20)8-6-14/h3-10,17-18H,11-12,21H2,1-2H3/t17-,18-,19-/m1/s1. The van der Waals surface area contributed by atoms with Crippen molar-refractivity contribution in [2.75, 3.05) is 20.3 Å². The smallest absolute Gasteiger partial charge is 0.182 e. The van der Waals surface area contributed by atoms with E-state index in [1.807, 2.05) is 31.2 Å². The fourth-order valence-electron chi connectivity index (χ4n) is 3.74. The van der Waals surface area contributed by atoms with Gasteiger partial charge in [0.1, 0.15) is 0 Å². The lowest BCUT2D eigenvalue weighted by molar-refractivity contribution is 0.142. The summed E-state index contributed by atoms with van der Waals surface area (Å²) in [6.45, 7) is 2.47. The molecular formula is C19H22ClNO3S. The third kappa shape index (κ3) is 3.10. The van der Waals surface area contributed by atoms with Gasteiger partial charge in [0.15, 0.2) is 9.84 Å².